The molecular formula is C13H13FN2. The molecule has 0 aliphatic heterocycles. The highest BCUT2D eigenvalue weighted by Gasteiger charge is 1.99. The van der Waals surface area contributed by atoms with Crippen LogP contribution in [0.25, 0.3) is 0 Å². The van der Waals surface area contributed by atoms with Crippen molar-refractivity contribution in [1.82, 2.24) is 0 Å². The number of nitrogens with two attached hydrogens (primary N) is 1. The Kier molecular flexibility index (Phi) is 3.05. The average Bonchev–Trinajstić information content (AvgIpc) is 2.32. The molecule has 0 atom stereocenters. The zero-order chi connectivity index (χ0) is 11.4. The highest BCUT2D eigenvalue weighted by atomic mass is 19.1. The molecule has 2 aromatic carbocycles. The molecule has 2 rings (SSSR count). The van der Waals surface area contributed by atoms with Crippen LogP contribution in [-0.2, 0) is 6.54 Å². The number of nitrogen functional groups attached to an aromatic ring is 1. The molecular weight excluding hydrogens is 203 g/mol. The third kappa shape index (κ3) is 2.51. The van der Waals surface area contributed by atoms with E-state index < -0.39 is 5.82 Å². The summed E-state index contributed by atoms with van der Waals surface area (Å²) < 4.78 is 13.1. The van der Waals surface area contributed by atoms with Crippen molar-refractivity contribution in [3.63, 3.8) is 0 Å². The normalized spacial score (nSPS) is 10.1. The lowest BCUT2D eigenvalue weighted by molar-refractivity contribution is 0.633. The van der Waals surface area contributed by atoms with Gasteiger partial charge in [-0.2, -0.15) is 0 Å². The highest BCUT2D eigenvalue weighted by Crippen LogP contribution is 2.16. The van der Waals surface area contributed by atoms with E-state index in [0.717, 1.165) is 11.3 Å². The van der Waals surface area contributed by atoms with Crippen LogP contribution in [0.3, 0.4) is 0 Å². The Morgan fingerprint density at radius 2 is 1.81 bits per heavy atom. The standard InChI is InChI=1S/C13H13FN2/c14-12-8-11(6-7-13(12)15)16-9-10-4-2-1-3-5-10/h1-8,16H,9,15H2. The Labute approximate surface area is 93.9 Å². The number of hydrogen-bond acceptors (Lipinski definition) is 2. The van der Waals surface area contributed by atoms with Crippen molar-refractivity contribution in [3.05, 3.63) is 59.9 Å². The molecule has 0 saturated carbocycles. The second-order valence-electron chi connectivity index (χ2n) is 3.58. The molecule has 0 saturated heterocycles. The molecule has 0 fully saturated rings. The summed E-state index contributed by atoms with van der Waals surface area (Å²) in [6.07, 6.45) is 0. The van der Waals surface area contributed by atoms with Gasteiger partial charge in [-0.05, 0) is 23.8 Å². The first-order valence-corrected chi connectivity index (χ1v) is 5.08. The molecule has 3 N–H and O–H groups in total. The summed E-state index contributed by atoms with van der Waals surface area (Å²) in [5.74, 6) is -0.391. The fraction of sp³-hybridized carbons (Fsp3) is 0.0769. The summed E-state index contributed by atoms with van der Waals surface area (Å²) in [5, 5.41) is 3.13. The highest BCUT2D eigenvalue weighted by molar-refractivity contribution is 5.52. The number of nitrogens with one attached hydrogen (secondary N) is 1. The van der Waals surface area contributed by atoms with Gasteiger partial charge >= 0.3 is 0 Å². The molecule has 0 radical (unpaired) electrons. The van der Waals surface area contributed by atoms with Crippen LogP contribution in [0.15, 0.2) is 48.5 Å². The van der Waals surface area contributed by atoms with Gasteiger partial charge < -0.3 is 11.1 Å². The van der Waals surface area contributed by atoms with Crippen LogP contribution in [0.5, 0.6) is 0 Å². The predicted molar refractivity (Wildman–Crippen MR) is 64.6 cm³/mol. The summed E-state index contributed by atoms with van der Waals surface area (Å²) in [6.45, 7) is 0.671. The first-order valence-electron chi connectivity index (χ1n) is 5.08. The Balaban J connectivity index is 2.03. The minimum Gasteiger partial charge on any atom is -0.396 e. The fourth-order valence-electron chi connectivity index (χ4n) is 1.44. The van der Waals surface area contributed by atoms with Crippen molar-refractivity contribution < 1.29 is 4.39 Å². The van der Waals surface area contributed by atoms with Gasteiger partial charge in [-0.15, -0.1) is 0 Å². The van der Waals surface area contributed by atoms with Crippen LogP contribution < -0.4 is 11.1 Å². The van der Waals surface area contributed by atoms with Crippen LogP contribution in [-0.4, -0.2) is 0 Å². The van der Waals surface area contributed by atoms with Crippen molar-refractivity contribution in [2.24, 2.45) is 0 Å². The number of hydrogen-bond donors (Lipinski definition) is 2. The Hall–Kier alpha value is -2.03. The van der Waals surface area contributed by atoms with Crippen LogP contribution >= 0.6 is 0 Å². The van der Waals surface area contributed by atoms with E-state index in [4.69, 9.17) is 5.73 Å². The predicted octanol–water partition coefficient (Wildman–Crippen LogP) is 3.02. The Bertz CT molecular complexity index is 469. The van der Waals surface area contributed by atoms with E-state index in [0.29, 0.717) is 6.54 Å². The van der Waals surface area contributed by atoms with E-state index in [2.05, 4.69) is 5.32 Å². The van der Waals surface area contributed by atoms with Gasteiger partial charge in [0.05, 0.1) is 5.69 Å². The number of anilines is 2. The zero-order valence-electron chi connectivity index (χ0n) is 8.78. The minimum atomic E-state index is -0.391. The maximum absolute atomic E-state index is 13.1. The molecule has 3 heteroatoms. The molecule has 2 nitrogen and oxygen atoms in total. The molecule has 0 spiro atoms. The van der Waals surface area contributed by atoms with E-state index in [1.54, 1.807) is 12.1 Å². The summed E-state index contributed by atoms with van der Waals surface area (Å²) in [5.41, 5.74) is 7.45. The third-order valence-corrected chi connectivity index (χ3v) is 2.34. The van der Waals surface area contributed by atoms with Crippen molar-refractivity contribution in [1.29, 1.82) is 0 Å². The van der Waals surface area contributed by atoms with E-state index in [-0.39, 0.29) is 5.69 Å². The van der Waals surface area contributed by atoms with Crippen molar-refractivity contribution >= 4 is 11.4 Å². The lowest BCUT2D eigenvalue weighted by Crippen LogP contribution is -2.00. The van der Waals surface area contributed by atoms with E-state index in [1.807, 2.05) is 30.3 Å². The van der Waals surface area contributed by atoms with Gasteiger partial charge in [-0.1, -0.05) is 30.3 Å². The summed E-state index contributed by atoms with van der Waals surface area (Å²) in [4.78, 5) is 0. The van der Waals surface area contributed by atoms with Gasteiger partial charge in [0.1, 0.15) is 5.82 Å². The number of halogens is 1. The number of rotatable bonds is 3. The van der Waals surface area contributed by atoms with Gasteiger partial charge in [0.15, 0.2) is 0 Å². The van der Waals surface area contributed by atoms with E-state index in [9.17, 15) is 4.39 Å². The van der Waals surface area contributed by atoms with Gasteiger partial charge in [-0.3, -0.25) is 0 Å². The molecule has 0 aromatic heterocycles. The molecule has 0 aliphatic carbocycles. The van der Waals surface area contributed by atoms with E-state index >= 15 is 0 Å². The Morgan fingerprint density at radius 1 is 1.06 bits per heavy atom. The van der Waals surface area contributed by atoms with Gasteiger partial charge in [0.2, 0.25) is 0 Å². The summed E-state index contributed by atoms with van der Waals surface area (Å²) >= 11 is 0. The molecule has 16 heavy (non-hydrogen) atoms. The van der Waals surface area contributed by atoms with Crippen LogP contribution in [0.4, 0.5) is 15.8 Å². The van der Waals surface area contributed by atoms with Crippen LogP contribution in [0.2, 0.25) is 0 Å². The van der Waals surface area contributed by atoms with Crippen LogP contribution in [0, 0.1) is 5.82 Å². The topological polar surface area (TPSA) is 38.0 Å². The quantitative estimate of drug-likeness (QED) is 0.774. The molecule has 0 unspecified atom stereocenters. The first-order chi connectivity index (χ1) is 7.75. The molecule has 0 heterocycles. The lowest BCUT2D eigenvalue weighted by atomic mass is 10.2. The monoisotopic (exact) mass is 216 g/mol. The van der Waals surface area contributed by atoms with E-state index in [1.165, 1.54) is 6.07 Å². The van der Waals surface area contributed by atoms with Gasteiger partial charge in [0.25, 0.3) is 0 Å². The first kappa shape index (κ1) is 10.5. The number of benzene rings is 2. The minimum absolute atomic E-state index is 0.172. The summed E-state index contributed by atoms with van der Waals surface area (Å²) in [6, 6.07) is 14.7. The lowest BCUT2D eigenvalue weighted by Gasteiger charge is -2.07. The molecule has 0 aliphatic rings. The molecule has 0 amide bonds. The largest absolute Gasteiger partial charge is 0.396 e. The van der Waals surface area contributed by atoms with Gasteiger partial charge in [-0.25, -0.2) is 4.39 Å². The maximum atomic E-state index is 13.1. The average molecular weight is 216 g/mol. The van der Waals surface area contributed by atoms with Crippen LogP contribution in [0.1, 0.15) is 5.56 Å². The van der Waals surface area contributed by atoms with Gasteiger partial charge in [0, 0.05) is 12.2 Å². The van der Waals surface area contributed by atoms with Crippen molar-refractivity contribution in [3.8, 4) is 0 Å². The SMILES string of the molecule is Nc1ccc(NCc2ccccc2)cc1F. The second kappa shape index (κ2) is 4.66. The smallest absolute Gasteiger partial charge is 0.148 e. The summed E-state index contributed by atoms with van der Waals surface area (Å²) in [7, 11) is 0. The zero-order valence-corrected chi connectivity index (χ0v) is 8.78. The molecule has 82 valence electrons. The molecule has 0 bridgehead atoms. The van der Waals surface area contributed by atoms with Crippen molar-refractivity contribution in [2.75, 3.05) is 11.1 Å². The Morgan fingerprint density at radius 3 is 2.50 bits per heavy atom. The molecule has 2 aromatic rings. The second-order valence-corrected chi connectivity index (χ2v) is 3.58. The third-order valence-electron chi connectivity index (χ3n) is 2.34. The fourth-order valence-corrected chi connectivity index (χ4v) is 1.44. The maximum Gasteiger partial charge on any atom is 0.148 e. The van der Waals surface area contributed by atoms with Crippen molar-refractivity contribution in [2.45, 2.75) is 6.54 Å².